The van der Waals surface area contributed by atoms with Gasteiger partial charge in [-0.3, -0.25) is 0 Å². The van der Waals surface area contributed by atoms with Crippen molar-refractivity contribution >= 4 is 0 Å². The molecular weight excluding hydrogens is 238 g/mol. The number of rotatable bonds is 5. The highest BCUT2D eigenvalue weighted by atomic mass is 16.5. The van der Waals surface area contributed by atoms with Gasteiger partial charge in [0.1, 0.15) is 18.0 Å². The van der Waals surface area contributed by atoms with Crippen LogP contribution in [0.5, 0.6) is 5.75 Å². The summed E-state index contributed by atoms with van der Waals surface area (Å²) in [7, 11) is 0. The predicted molar refractivity (Wildman–Crippen MR) is 77.4 cm³/mol. The summed E-state index contributed by atoms with van der Waals surface area (Å²) in [6, 6.07) is 8.02. The Labute approximate surface area is 115 Å². The fourth-order valence-corrected chi connectivity index (χ4v) is 2.38. The number of nitrogens with two attached hydrogens (primary N) is 1. The zero-order chi connectivity index (χ0) is 14.1. The van der Waals surface area contributed by atoms with E-state index in [1.807, 2.05) is 18.2 Å². The molecule has 1 unspecified atom stereocenters. The fourth-order valence-electron chi connectivity index (χ4n) is 2.38. The lowest BCUT2D eigenvalue weighted by Gasteiger charge is -2.29. The average molecular weight is 263 g/mol. The summed E-state index contributed by atoms with van der Waals surface area (Å²) in [5, 5.41) is 10.5. The third kappa shape index (κ3) is 3.28. The van der Waals surface area contributed by atoms with Crippen molar-refractivity contribution in [1.82, 2.24) is 0 Å². The molecule has 1 fully saturated rings. The Bertz CT molecular complexity index is 435. The third-order valence-electron chi connectivity index (χ3n) is 3.86. The summed E-state index contributed by atoms with van der Waals surface area (Å²) in [6.45, 7) is 7.01. The second kappa shape index (κ2) is 5.14. The molecule has 106 valence electrons. The van der Waals surface area contributed by atoms with E-state index in [1.54, 1.807) is 0 Å². The van der Waals surface area contributed by atoms with Crippen LogP contribution < -0.4 is 10.5 Å². The molecule has 1 aromatic carbocycles. The molecule has 0 radical (unpaired) electrons. The molecule has 19 heavy (non-hydrogen) atoms. The molecule has 0 saturated heterocycles. The molecule has 1 atom stereocenters. The van der Waals surface area contributed by atoms with Gasteiger partial charge in [0, 0.05) is 6.54 Å². The van der Waals surface area contributed by atoms with E-state index in [1.165, 1.54) is 0 Å². The summed E-state index contributed by atoms with van der Waals surface area (Å²) in [6.07, 6.45) is 2.11. The Morgan fingerprint density at radius 3 is 2.42 bits per heavy atom. The largest absolute Gasteiger partial charge is 0.490 e. The number of hydrogen-bond donors (Lipinski definition) is 2. The molecule has 2 rings (SSSR count). The standard InChI is InChI=1S/C16H25NO2/c1-15(2,3)13-6-4-5-7-14(13)19-11-16(18,10-17)12-8-9-12/h4-7,12,18H,8-11,17H2,1-3H3. The van der Waals surface area contributed by atoms with E-state index in [2.05, 4.69) is 26.8 Å². The normalized spacial score (nSPS) is 19.0. The maximum Gasteiger partial charge on any atom is 0.123 e. The monoisotopic (exact) mass is 263 g/mol. The van der Waals surface area contributed by atoms with Crippen LogP contribution in [0.3, 0.4) is 0 Å². The molecule has 0 spiro atoms. The molecule has 0 amide bonds. The average Bonchev–Trinajstić information content (AvgIpc) is 3.20. The van der Waals surface area contributed by atoms with E-state index in [0.29, 0.717) is 5.92 Å². The van der Waals surface area contributed by atoms with E-state index in [0.717, 1.165) is 24.2 Å². The van der Waals surface area contributed by atoms with E-state index < -0.39 is 5.60 Å². The van der Waals surface area contributed by atoms with Crippen molar-refractivity contribution in [3.05, 3.63) is 29.8 Å². The van der Waals surface area contributed by atoms with E-state index >= 15 is 0 Å². The van der Waals surface area contributed by atoms with Crippen LogP contribution in [0.1, 0.15) is 39.2 Å². The minimum atomic E-state index is -0.870. The van der Waals surface area contributed by atoms with Crippen LogP contribution in [-0.2, 0) is 5.41 Å². The first-order valence-electron chi connectivity index (χ1n) is 7.01. The van der Waals surface area contributed by atoms with Gasteiger partial charge in [-0.05, 0) is 35.8 Å². The van der Waals surface area contributed by atoms with Gasteiger partial charge >= 0.3 is 0 Å². The zero-order valence-corrected chi connectivity index (χ0v) is 12.1. The molecule has 1 saturated carbocycles. The Balaban J connectivity index is 2.11. The van der Waals surface area contributed by atoms with Gasteiger partial charge in [-0.2, -0.15) is 0 Å². The Kier molecular flexibility index (Phi) is 3.88. The van der Waals surface area contributed by atoms with Crippen LogP contribution in [0.4, 0.5) is 0 Å². The molecule has 3 N–H and O–H groups in total. The Morgan fingerprint density at radius 2 is 1.89 bits per heavy atom. The van der Waals surface area contributed by atoms with Crippen molar-refractivity contribution in [1.29, 1.82) is 0 Å². The molecule has 0 aliphatic heterocycles. The zero-order valence-electron chi connectivity index (χ0n) is 12.1. The van der Waals surface area contributed by atoms with Crippen molar-refractivity contribution in [3.8, 4) is 5.75 Å². The van der Waals surface area contributed by atoms with E-state index in [4.69, 9.17) is 10.5 Å². The molecule has 0 bridgehead atoms. The molecule has 1 aromatic rings. The highest BCUT2D eigenvalue weighted by Crippen LogP contribution is 2.40. The van der Waals surface area contributed by atoms with Crippen molar-refractivity contribution in [2.45, 2.75) is 44.6 Å². The minimum Gasteiger partial charge on any atom is -0.490 e. The van der Waals surface area contributed by atoms with Crippen molar-refractivity contribution in [3.63, 3.8) is 0 Å². The molecule has 3 heteroatoms. The summed E-state index contributed by atoms with van der Waals surface area (Å²) in [4.78, 5) is 0. The third-order valence-corrected chi connectivity index (χ3v) is 3.86. The SMILES string of the molecule is CC(C)(C)c1ccccc1OCC(O)(CN)C1CC1. The second-order valence-corrected chi connectivity index (χ2v) is 6.62. The summed E-state index contributed by atoms with van der Waals surface area (Å²) >= 11 is 0. The fraction of sp³-hybridized carbons (Fsp3) is 0.625. The van der Waals surface area contributed by atoms with Crippen molar-refractivity contribution in [2.75, 3.05) is 13.2 Å². The Morgan fingerprint density at radius 1 is 1.26 bits per heavy atom. The number of aliphatic hydroxyl groups is 1. The molecule has 1 aliphatic carbocycles. The van der Waals surface area contributed by atoms with Crippen LogP contribution in [0.2, 0.25) is 0 Å². The summed E-state index contributed by atoms with van der Waals surface area (Å²) in [5.41, 5.74) is 6.02. The molecule has 1 aliphatic rings. The van der Waals surface area contributed by atoms with Crippen LogP contribution in [0, 0.1) is 5.92 Å². The quantitative estimate of drug-likeness (QED) is 0.858. The first-order valence-corrected chi connectivity index (χ1v) is 7.01. The van der Waals surface area contributed by atoms with Crippen LogP contribution >= 0.6 is 0 Å². The first kappa shape index (κ1) is 14.4. The van der Waals surface area contributed by atoms with Gasteiger partial charge in [-0.15, -0.1) is 0 Å². The number of ether oxygens (including phenoxy) is 1. The van der Waals surface area contributed by atoms with Gasteiger partial charge in [0.2, 0.25) is 0 Å². The van der Waals surface area contributed by atoms with Crippen LogP contribution in [-0.4, -0.2) is 23.9 Å². The topological polar surface area (TPSA) is 55.5 Å². The van der Waals surface area contributed by atoms with E-state index in [-0.39, 0.29) is 18.6 Å². The predicted octanol–water partition coefficient (Wildman–Crippen LogP) is 2.46. The lowest BCUT2D eigenvalue weighted by Crippen LogP contribution is -2.45. The summed E-state index contributed by atoms with van der Waals surface area (Å²) < 4.78 is 5.89. The van der Waals surface area contributed by atoms with Gasteiger partial charge in [0.25, 0.3) is 0 Å². The second-order valence-electron chi connectivity index (χ2n) is 6.62. The highest BCUT2D eigenvalue weighted by Gasteiger charge is 2.43. The summed E-state index contributed by atoms with van der Waals surface area (Å²) in [5.74, 6) is 1.15. The molecule has 0 aromatic heterocycles. The maximum absolute atomic E-state index is 10.5. The minimum absolute atomic E-state index is 0.0248. The molecule has 3 nitrogen and oxygen atoms in total. The van der Waals surface area contributed by atoms with Crippen LogP contribution in [0.25, 0.3) is 0 Å². The van der Waals surface area contributed by atoms with Gasteiger partial charge in [-0.1, -0.05) is 39.0 Å². The van der Waals surface area contributed by atoms with Crippen molar-refractivity contribution < 1.29 is 9.84 Å². The molecule has 0 heterocycles. The Hall–Kier alpha value is -1.06. The molecular formula is C16H25NO2. The van der Waals surface area contributed by atoms with E-state index in [9.17, 15) is 5.11 Å². The number of para-hydroxylation sites is 1. The van der Waals surface area contributed by atoms with Gasteiger partial charge in [0.15, 0.2) is 0 Å². The first-order chi connectivity index (χ1) is 8.87. The smallest absolute Gasteiger partial charge is 0.123 e. The maximum atomic E-state index is 10.5. The lowest BCUT2D eigenvalue weighted by molar-refractivity contribution is -0.0166. The van der Waals surface area contributed by atoms with Gasteiger partial charge < -0.3 is 15.6 Å². The highest BCUT2D eigenvalue weighted by molar-refractivity contribution is 5.38. The number of benzene rings is 1. The lowest BCUT2D eigenvalue weighted by atomic mass is 9.86. The van der Waals surface area contributed by atoms with Gasteiger partial charge in [-0.25, -0.2) is 0 Å². The van der Waals surface area contributed by atoms with Crippen LogP contribution in [0.15, 0.2) is 24.3 Å². The van der Waals surface area contributed by atoms with Crippen molar-refractivity contribution in [2.24, 2.45) is 11.7 Å². The number of hydrogen-bond acceptors (Lipinski definition) is 3. The van der Waals surface area contributed by atoms with Gasteiger partial charge in [0.05, 0.1) is 0 Å².